The summed E-state index contributed by atoms with van der Waals surface area (Å²) >= 11 is 12.1. The summed E-state index contributed by atoms with van der Waals surface area (Å²) < 4.78 is 25.4. The van der Waals surface area contributed by atoms with Gasteiger partial charge in [0.25, 0.3) is 0 Å². The van der Waals surface area contributed by atoms with E-state index in [2.05, 4.69) is 27.7 Å². The summed E-state index contributed by atoms with van der Waals surface area (Å²) in [4.78, 5) is 0. The molecule has 4 nitrogen and oxygen atoms in total. The van der Waals surface area contributed by atoms with Crippen molar-refractivity contribution < 1.29 is 18.1 Å². The van der Waals surface area contributed by atoms with Crippen LogP contribution in [-0.4, -0.2) is 50.3 Å². The van der Waals surface area contributed by atoms with Crippen LogP contribution < -0.4 is 0 Å². The van der Waals surface area contributed by atoms with Gasteiger partial charge >= 0.3 is 0 Å². The van der Waals surface area contributed by atoms with Crippen molar-refractivity contribution >= 4 is 68.0 Å². The molecule has 0 aromatic rings. The van der Waals surface area contributed by atoms with Crippen molar-refractivity contribution in [3.8, 4) is 0 Å². The third-order valence-electron chi connectivity index (χ3n) is 8.56. The first-order valence-corrected chi connectivity index (χ1v) is 30.1. The van der Waals surface area contributed by atoms with Crippen LogP contribution >= 0.6 is 44.4 Å². The number of rotatable bonds is 42. The lowest BCUT2D eigenvalue weighted by atomic mass is 10.1. The Morgan fingerprint density at radius 2 is 0.592 bits per heavy atom. The molecule has 11 heteroatoms. The summed E-state index contributed by atoms with van der Waals surface area (Å²) in [5, 5.41) is 0. The molecule has 0 bridgehead atoms. The van der Waals surface area contributed by atoms with Gasteiger partial charge in [0.2, 0.25) is 0 Å². The maximum absolute atomic E-state index is 6.34. The minimum absolute atomic E-state index is 0.760. The number of hydrogen-bond acceptors (Lipinski definition) is 9. The zero-order chi connectivity index (χ0) is 36.0. The van der Waals surface area contributed by atoms with Crippen LogP contribution in [0.5, 0.6) is 0 Å². The first-order chi connectivity index (χ1) is 23.9. The van der Waals surface area contributed by atoms with Gasteiger partial charge in [0, 0.05) is 23.8 Å². The summed E-state index contributed by atoms with van der Waals surface area (Å²) in [5.41, 5.74) is 0. The second kappa shape index (κ2) is 39.9. The van der Waals surface area contributed by atoms with E-state index in [1.54, 1.807) is 0 Å². The molecule has 0 unspecified atom stereocenters. The molecule has 0 amide bonds. The predicted octanol–water partition coefficient (Wildman–Crippen LogP) is 15.9. The highest BCUT2D eigenvalue weighted by Crippen LogP contribution is 2.51. The highest BCUT2D eigenvalue weighted by atomic mass is 33.5. The highest BCUT2D eigenvalue weighted by Gasteiger charge is 2.20. The zero-order valence-corrected chi connectivity index (χ0v) is 38.5. The fourth-order valence-electron chi connectivity index (χ4n) is 5.41. The zero-order valence-electron chi connectivity index (χ0n) is 32.6. The van der Waals surface area contributed by atoms with Gasteiger partial charge in [-0.25, -0.2) is 0 Å². The molecular formula is C38H80O4P2S5. The van der Waals surface area contributed by atoms with Crippen LogP contribution in [-0.2, 0) is 41.7 Å². The molecule has 0 fully saturated rings. The molecule has 0 aliphatic rings. The van der Waals surface area contributed by atoms with Crippen LogP contribution in [0.4, 0.5) is 0 Å². The Balaban J connectivity index is 4.42. The van der Waals surface area contributed by atoms with Crippen molar-refractivity contribution in [1.29, 1.82) is 0 Å². The van der Waals surface area contributed by atoms with Crippen LogP contribution in [0.15, 0.2) is 0 Å². The molecule has 0 atom stereocenters. The maximum atomic E-state index is 6.34. The average molecular weight is 823 g/mol. The molecule has 0 aromatic carbocycles. The van der Waals surface area contributed by atoms with Crippen molar-refractivity contribution in [2.24, 2.45) is 0 Å². The lowest BCUT2D eigenvalue weighted by Crippen LogP contribution is -2.04. The van der Waals surface area contributed by atoms with Gasteiger partial charge in [-0.2, -0.15) is 0 Å². The SMILES string of the molecule is CCCCCCCCOP(=S)(CCCSSSCCCP(=S)(OCCCCCCCC)OCCCCCCCC)OCCCCCCCC. The predicted molar refractivity (Wildman–Crippen MR) is 237 cm³/mol. The lowest BCUT2D eigenvalue weighted by molar-refractivity contribution is 0.237. The molecule has 0 N–H and O–H groups in total. The smallest absolute Gasteiger partial charge is 0.188 e. The van der Waals surface area contributed by atoms with Gasteiger partial charge < -0.3 is 18.1 Å². The van der Waals surface area contributed by atoms with E-state index in [4.69, 9.17) is 41.7 Å². The van der Waals surface area contributed by atoms with Gasteiger partial charge in [-0.1, -0.05) is 178 Å². The van der Waals surface area contributed by atoms with E-state index in [0.29, 0.717) is 0 Å². The third kappa shape index (κ3) is 36.9. The van der Waals surface area contributed by atoms with E-state index in [0.717, 1.165) is 88.8 Å². The molecule has 0 spiro atoms. The van der Waals surface area contributed by atoms with E-state index in [1.807, 2.05) is 31.4 Å². The standard InChI is InChI=1S/C38H80O4P2S5/c1-5-9-13-17-21-25-31-39-43(45,40-32-26-22-18-14-10-6-2)35-29-37-47-49-48-38-30-36-44(46,41-33-27-23-19-15-11-7-3)42-34-28-24-20-16-12-8-4/h5-38H2,1-4H3. The molecule has 0 aliphatic heterocycles. The van der Waals surface area contributed by atoms with E-state index in [1.165, 1.54) is 128 Å². The maximum Gasteiger partial charge on any atom is 0.188 e. The second-order valence-corrected chi connectivity index (χ2v) is 25.7. The molecule has 0 heterocycles. The largest absolute Gasteiger partial charge is 0.329 e. The topological polar surface area (TPSA) is 36.9 Å². The summed E-state index contributed by atoms with van der Waals surface area (Å²) in [6.07, 6.45) is 34.3. The molecule has 0 aliphatic carbocycles. The lowest BCUT2D eigenvalue weighted by Gasteiger charge is -2.23. The molecule has 0 aromatic heterocycles. The van der Waals surface area contributed by atoms with Crippen LogP contribution in [0.25, 0.3) is 0 Å². The van der Waals surface area contributed by atoms with Crippen LogP contribution in [0.2, 0.25) is 0 Å². The Kier molecular flexibility index (Phi) is 41.7. The Morgan fingerprint density at radius 3 is 0.857 bits per heavy atom. The Bertz CT molecular complexity index is 662. The van der Waals surface area contributed by atoms with E-state index >= 15 is 0 Å². The minimum Gasteiger partial charge on any atom is -0.329 e. The Labute approximate surface area is 328 Å². The molecule has 0 saturated carbocycles. The first kappa shape index (κ1) is 51.2. The van der Waals surface area contributed by atoms with Gasteiger partial charge in [0.1, 0.15) is 0 Å². The van der Waals surface area contributed by atoms with Gasteiger partial charge in [-0.15, -0.1) is 0 Å². The fourth-order valence-corrected chi connectivity index (χ4v) is 14.8. The normalized spacial score (nSPS) is 12.3. The quantitative estimate of drug-likeness (QED) is 0.0340. The summed E-state index contributed by atoms with van der Waals surface area (Å²) in [6, 6.07) is 0. The summed E-state index contributed by atoms with van der Waals surface area (Å²) in [6.45, 7) is 7.72. The van der Waals surface area contributed by atoms with E-state index in [9.17, 15) is 0 Å². The van der Waals surface area contributed by atoms with Crippen LogP contribution in [0, 0.1) is 0 Å². The van der Waals surface area contributed by atoms with Crippen molar-refractivity contribution in [3.63, 3.8) is 0 Å². The Hall–Kier alpha value is 2.19. The van der Waals surface area contributed by atoms with Crippen molar-refractivity contribution in [2.45, 2.75) is 195 Å². The van der Waals surface area contributed by atoms with Crippen molar-refractivity contribution in [2.75, 3.05) is 50.3 Å². The van der Waals surface area contributed by atoms with Gasteiger partial charge in [-0.05, 0) is 72.0 Å². The second-order valence-electron chi connectivity index (χ2n) is 13.5. The van der Waals surface area contributed by atoms with Crippen LogP contribution in [0.1, 0.15) is 195 Å². The van der Waals surface area contributed by atoms with Crippen molar-refractivity contribution in [3.05, 3.63) is 0 Å². The number of unbranched alkanes of at least 4 members (excludes halogenated alkanes) is 20. The summed E-state index contributed by atoms with van der Waals surface area (Å²) in [5.74, 6) is 2.16. The molecule has 0 saturated heterocycles. The average Bonchev–Trinajstić information content (AvgIpc) is 3.09. The highest BCUT2D eigenvalue weighted by molar-refractivity contribution is 9.09. The molecular weight excluding hydrogens is 743 g/mol. The molecule has 49 heavy (non-hydrogen) atoms. The van der Waals surface area contributed by atoms with E-state index < -0.39 is 13.0 Å². The van der Waals surface area contributed by atoms with Crippen molar-refractivity contribution in [1.82, 2.24) is 0 Å². The summed E-state index contributed by atoms with van der Waals surface area (Å²) in [7, 11) is 5.79. The minimum atomic E-state index is -2.20. The van der Waals surface area contributed by atoms with Gasteiger partial charge in [0.15, 0.2) is 13.0 Å². The molecule has 0 radical (unpaired) electrons. The van der Waals surface area contributed by atoms with Gasteiger partial charge in [0.05, 0.1) is 26.4 Å². The Morgan fingerprint density at radius 1 is 0.347 bits per heavy atom. The van der Waals surface area contributed by atoms with E-state index in [-0.39, 0.29) is 0 Å². The molecule has 0 rings (SSSR count). The van der Waals surface area contributed by atoms with Crippen LogP contribution in [0.3, 0.4) is 0 Å². The first-order valence-electron chi connectivity index (χ1n) is 20.6. The fraction of sp³-hybridized carbons (Fsp3) is 1.00. The third-order valence-corrected chi connectivity index (χ3v) is 19.4. The van der Waals surface area contributed by atoms with Gasteiger partial charge in [-0.3, -0.25) is 0 Å². The monoisotopic (exact) mass is 822 g/mol. The number of hydrogen-bond donors (Lipinski definition) is 0. The molecule has 296 valence electrons.